The Bertz CT molecular complexity index is 953. The molecule has 7 heteroatoms. The molecule has 0 aromatic carbocycles. The molecule has 0 bridgehead atoms. The first-order valence-electron chi connectivity index (χ1n) is 10.8. The molecule has 29 heavy (non-hydrogen) atoms. The smallest absolute Gasteiger partial charge is 0.243 e. The number of fused-ring (bicyclic) bond motifs is 1. The number of carbonyl (C=O) groups excluding carboxylic acids is 1. The van der Waals surface area contributed by atoms with Gasteiger partial charge in [0.05, 0.1) is 11.5 Å². The van der Waals surface area contributed by atoms with E-state index in [9.17, 15) is 10.1 Å². The third-order valence-corrected chi connectivity index (χ3v) is 7.72. The van der Waals surface area contributed by atoms with Crippen LogP contribution in [0.2, 0.25) is 0 Å². The summed E-state index contributed by atoms with van der Waals surface area (Å²) in [4.78, 5) is 29.0. The summed E-state index contributed by atoms with van der Waals surface area (Å²) in [7, 11) is 2.15. The van der Waals surface area contributed by atoms with E-state index < -0.39 is 5.41 Å². The molecule has 152 valence electrons. The van der Waals surface area contributed by atoms with Crippen LogP contribution in [0.5, 0.6) is 0 Å². The van der Waals surface area contributed by atoms with E-state index in [0.717, 1.165) is 68.5 Å². The van der Waals surface area contributed by atoms with Gasteiger partial charge in [-0.2, -0.15) is 5.26 Å². The molecule has 5 rings (SSSR count). The first-order chi connectivity index (χ1) is 14.1. The predicted octanol–water partition coefficient (Wildman–Crippen LogP) is 3.25. The molecular weight excluding hydrogens is 364 g/mol. The number of rotatable bonds is 3. The van der Waals surface area contributed by atoms with Crippen molar-refractivity contribution in [1.29, 1.82) is 5.26 Å². The lowest BCUT2D eigenvalue weighted by molar-refractivity contribution is -0.137. The van der Waals surface area contributed by atoms with Crippen molar-refractivity contribution >= 4 is 22.8 Å². The molecule has 3 aliphatic rings. The number of carbonyl (C=O) groups is 1. The monoisotopic (exact) mass is 392 g/mol. The summed E-state index contributed by atoms with van der Waals surface area (Å²) in [6.07, 6.45) is 11.9. The average molecular weight is 393 g/mol. The van der Waals surface area contributed by atoms with Gasteiger partial charge in [0.1, 0.15) is 23.2 Å². The second-order valence-electron chi connectivity index (χ2n) is 9.27. The molecule has 1 N–H and O–H groups in total. The second kappa shape index (κ2) is 6.72. The van der Waals surface area contributed by atoms with Crippen LogP contribution in [0.3, 0.4) is 0 Å². The maximum atomic E-state index is 12.6. The Hall–Kier alpha value is -2.62. The normalized spacial score (nSPS) is 23.1. The van der Waals surface area contributed by atoms with E-state index in [0.29, 0.717) is 11.5 Å². The summed E-state index contributed by atoms with van der Waals surface area (Å²) in [5.41, 5.74) is 0.579. The Morgan fingerprint density at radius 2 is 1.93 bits per heavy atom. The zero-order chi connectivity index (χ0) is 20.1. The summed E-state index contributed by atoms with van der Waals surface area (Å²) in [6, 6.07) is 4.79. The van der Waals surface area contributed by atoms with E-state index in [1.165, 1.54) is 12.8 Å². The Labute approximate surface area is 171 Å². The molecule has 1 aliphatic heterocycles. The van der Waals surface area contributed by atoms with Gasteiger partial charge < -0.3 is 14.8 Å². The maximum Gasteiger partial charge on any atom is 0.243 e. The van der Waals surface area contributed by atoms with E-state index in [2.05, 4.69) is 33.0 Å². The van der Waals surface area contributed by atoms with E-state index >= 15 is 0 Å². The van der Waals surface area contributed by atoms with E-state index in [4.69, 9.17) is 0 Å². The number of piperidine rings is 1. The quantitative estimate of drug-likeness (QED) is 0.866. The van der Waals surface area contributed by atoms with Crippen LogP contribution in [-0.2, 0) is 4.79 Å². The fourth-order valence-electron chi connectivity index (χ4n) is 5.40. The Morgan fingerprint density at radius 3 is 2.59 bits per heavy atom. The zero-order valence-corrected chi connectivity index (χ0v) is 17.0. The van der Waals surface area contributed by atoms with E-state index in [-0.39, 0.29) is 5.91 Å². The Balaban J connectivity index is 1.20. The van der Waals surface area contributed by atoms with Gasteiger partial charge in [0, 0.05) is 32.4 Å². The zero-order valence-electron chi connectivity index (χ0n) is 17.0. The number of hydrogen-bond acceptors (Lipinski definition) is 5. The van der Waals surface area contributed by atoms with Gasteiger partial charge in [-0.25, -0.2) is 9.97 Å². The van der Waals surface area contributed by atoms with Crippen molar-refractivity contribution in [3.05, 3.63) is 18.6 Å². The SMILES string of the molecule is CN(c1ncnc2[nH]ccc12)C1CCC2(CC1)CCN(C(=O)C1(C#N)CC1)CC2. The number of anilines is 1. The third kappa shape index (κ3) is 3.06. The molecule has 2 aliphatic carbocycles. The molecule has 0 atom stereocenters. The van der Waals surface area contributed by atoms with Gasteiger partial charge in [-0.05, 0) is 62.8 Å². The molecule has 7 nitrogen and oxygen atoms in total. The van der Waals surface area contributed by atoms with Crippen molar-refractivity contribution in [1.82, 2.24) is 19.9 Å². The van der Waals surface area contributed by atoms with E-state index in [1.807, 2.05) is 17.2 Å². The highest BCUT2D eigenvalue weighted by molar-refractivity contribution is 5.88. The number of aromatic nitrogens is 3. The topological polar surface area (TPSA) is 88.9 Å². The standard InChI is InChI=1S/C22H28N6O/c1-27(19-17-4-11-24-18(17)25-15-26-19)16-2-5-21(6-3-16)9-12-28(13-10-21)20(29)22(14-23)7-8-22/h4,11,15-16H,2-3,5-10,12-13H2,1H3,(H,24,25,26). The van der Waals surface area contributed by atoms with Gasteiger partial charge in [-0.15, -0.1) is 0 Å². The van der Waals surface area contributed by atoms with Crippen LogP contribution in [0.4, 0.5) is 5.82 Å². The number of nitrogens with one attached hydrogen (secondary N) is 1. The number of likely N-dealkylation sites (tertiary alicyclic amines) is 1. The maximum absolute atomic E-state index is 12.6. The first kappa shape index (κ1) is 18.4. The summed E-state index contributed by atoms with van der Waals surface area (Å²) < 4.78 is 0. The molecule has 3 heterocycles. The van der Waals surface area contributed by atoms with Crippen molar-refractivity contribution in [2.45, 2.75) is 57.4 Å². The summed E-state index contributed by atoms with van der Waals surface area (Å²) in [5.74, 6) is 1.09. The first-order valence-corrected chi connectivity index (χ1v) is 10.8. The number of aromatic amines is 1. The van der Waals surface area contributed by atoms with Crippen molar-refractivity contribution in [3.8, 4) is 6.07 Å². The van der Waals surface area contributed by atoms with Crippen molar-refractivity contribution in [2.75, 3.05) is 25.0 Å². The predicted molar refractivity (Wildman–Crippen MR) is 110 cm³/mol. The molecule has 2 saturated carbocycles. The van der Waals surface area contributed by atoms with Crippen LogP contribution in [0.15, 0.2) is 18.6 Å². The largest absolute Gasteiger partial charge is 0.356 e. The van der Waals surface area contributed by atoms with Crippen molar-refractivity contribution in [2.24, 2.45) is 10.8 Å². The van der Waals surface area contributed by atoms with Crippen LogP contribution in [0.1, 0.15) is 51.4 Å². The molecular formula is C22H28N6O. The molecule has 0 unspecified atom stereocenters. The summed E-state index contributed by atoms with van der Waals surface area (Å²) >= 11 is 0. The third-order valence-electron chi connectivity index (χ3n) is 7.72. The number of nitriles is 1. The van der Waals surface area contributed by atoms with Gasteiger partial charge in [-0.1, -0.05) is 0 Å². The van der Waals surface area contributed by atoms with Crippen LogP contribution < -0.4 is 4.90 Å². The van der Waals surface area contributed by atoms with Crippen LogP contribution >= 0.6 is 0 Å². The molecule has 1 saturated heterocycles. The Kier molecular flexibility index (Phi) is 4.27. The number of amides is 1. The highest BCUT2D eigenvalue weighted by atomic mass is 16.2. The minimum atomic E-state index is -0.675. The second-order valence-corrected chi connectivity index (χ2v) is 9.27. The van der Waals surface area contributed by atoms with Gasteiger partial charge in [-0.3, -0.25) is 4.79 Å². The molecule has 2 aromatic rings. The van der Waals surface area contributed by atoms with Gasteiger partial charge >= 0.3 is 0 Å². The molecule has 2 aromatic heterocycles. The average Bonchev–Trinajstić information content (AvgIpc) is 3.42. The van der Waals surface area contributed by atoms with Crippen molar-refractivity contribution in [3.63, 3.8) is 0 Å². The van der Waals surface area contributed by atoms with Crippen LogP contribution in [-0.4, -0.2) is 51.9 Å². The fourth-order valence-corrected chi connectivity index (χ4v) is 5.40. The number of hydrogen-bond donors (Lipinski definition) is 1. The lowest BCUT2D eigenvalue weighted by Gasteiger charge is -2.47. The van der Waals surface area contributed by atoms with Gasteiger partial charge in [0.15, 0.2) is 0 Å². The summed E-state index contributed by atoms with van der Waals surface area (Å²) in [6.45, 7) is 1.64. The lowest BCUT2D eigenvalue weighted by Crippen LogP contribution is -2.48. The Morgan fingerprint density at radius 1 is 1.21 bits per heavy atom. The molecule has 0 radical (unpaired) electrons. The molecule has 1 spiro atoms. The number of H-pyrrole nitrogens is 1. The highest BCUT2D eigenvalue weighted by Gasteiger charge is 2.53. The fraction of sp³-hybridized carbons (Fsp3) is 0.636. The van der Waals surface area contributed by atoms with E-state index in [1.54, 1.807) is 6.33 Å². The van der Waals surface area contributed by atoms with Crippen molar-refractivity contribution < 1.29 is 4.79 Å². The molecule has 3 fully saturated rings. The minimum absolute atomic E-state index is 0.0857. The number of nitrogens with zero attached hydrogens (tertiary/aromatic N) is 5. The molecule has 1 amide bonds. The lowest BCUT2D eigenvalue weighted by atomic mass is 9.66. The summed E-state index contributed by atoms with van der Waals surface area (Å²) in [5, 5.41) is 10.4. The van der Waals surface area contributed by atoms with Crippen LogP contribution in [0.25, 0.3) is 11.0 Å². The highest BCUT2D eigenvalue weighted by Crippen LogP contribution is 2.50. The van der Waals surface area contributed by atoms with Crippen LogP contribution in [0, 0.1) is 22.2 Å². The van der Waals surface area contributed by atoms with Gasteiger partial charge in [0.25, 0.3) is 0 Å². The van der Waals surface area contributed by atoms with Gasteiger partial charge in [0.2, 0.25) is 5.91 Å². The minimum Gasteiger partial charge on any atom is -0.356 e.